The van der Waals surface area contributed by atoms with Gasteiger partial charge in [-0.1, -0.05) is 356 Å². The van der Waals surface area contributed by atoms with Crippen LogP contribution in [-0.2, 0) is 18.4 Å². The van der Waals surface area contributed by atoms with Gasteiger partial charge in [0, 0.05) is 6.42 Å². The van der Waals surface area contributed by atoms with E-state index in [2.05, 4.69) is 79.9 Å². The smallest absolute Gasteiger partial charge is 0.387 e. The highest BCUT2D eigenvalue weighted by molar-refractivity contribution is 7.47. The number of amides is 1. The molecule has 0 heterocycles. The molecular formula is C77H146N2O6P+. The topological polar surface area (TPSA) is 105 Å². The standard InChI is InChI=1S/C77H145N2O6P/c1-6-8-10-12-14-16-18-20-22-24-26-28-30-32-34-36-38-39-41-43-45-47-49-51-53-55-57-59-61-63-65-67-69-71-77(81)78-75(74-85-86(82,83)84-73-72-79(3,4)5)76(80)70-68-66-64-62-60-58-56-54-52-50-48-46-44-42-40-37-35-33-31-29-27-25-23-21-19-17-15-13-11-9-7-2/h8,10,14,16,20,22,26,28,60,62,68,70,75-76,80H,6-7,9,11-13,15,17-19,21,23-25,27,29-59,61,63-67,69,71-74H2,1-5H3,(H-,78,81,82,83)/p+1/b10-8-,16-14-,22-20-,28-26-,62-60+,70-68+. The summed E-state index contributed by atoms with van der Waals surface area (Å²) in [6.45, 7) is 4.73. The first kappa shape index (κ1) is 83.9. The van der Waals surface area contributed by atoms with Crippen LogP contribution in [0.1, 0.15) is 361 Å². The van der Waals surface area contributed by atoms with E-state index < -0.39 is 20.0 Å². The number of aliphatic hydroxyl groups excluding tert-OH is 1. The van der Waals surface area contributed by atoms with Crippen LogP contribution in [0.2, 0.25) is 0 Å². The third kappa shape index (κ3) is 69.4. The molecule has 86 heavy (non-hydrogen) atoms. The van der Waals surface area contributed by atoms with E-state index >= 15 is 0 Å². The van der Waals surface area contributed by atoms with E-state index in [1.165, 1.54) is 276 Å². The summed E-state index contributed by atoms with van der Waals surface area (Å²) in [5.41, 5.74) is 0. The van der Waals surface area contributed by atoms with E-state index in [0.29, 0.717) is 17.4 Å². The molecule has 3 atom stereocenters. The monoisotopic (exact) mass is 1230 g/mol. The van der Waals surface area contributed by atoms with E-state index in [9.17, 15) is 19.4 Å². The lowest BCUT2D eigenvalue weighted by Gasteiger charge is -2.25. The van der Waals surface area contributed by atoms with Crippen molar-refractivity contribution in [3.63, 3.8) is 0 Å². The van der Waals surface area contributed by atoms with Crippen LogP contribution in [-0.4, -0.2) is 73.4 Å². The van der Waals surface area contributed by atoms with Gasteiger partial charge in [0.2, 0.25) is 5.91 Å². The Morgan fingerprint density at radius 2 is 0.709 bits per heavy atom. The van der Waals surface area contributed by atoms with E-state index in [-0.39, 0.29) is 19.1 Å². The van der Waals surface area contributed by atoms with E-state index in [4.69, 9.17) is 9.05 Å². The van der Waals surface area contributed by atoms with Crippen LogP contribution in [0.25, 0.3) is 0 Å². The Kier molecular flexibility index (Phi) is 65.7. The summed E-state index contributed by atoms with van der Waals surface area (Å²) < 4.78 is 23.8. The second-order valence-corrected chi connectivity index (χ2v) is 28.1. The Balaban J connectivity index is 4.04. The molecule has 0 bridgehead atoms. The second-order valence-electron chi connectivity index (χ2n) is 26.6. The Morgan fingerprint density at radius 1 is 0.407 bits per heavy atom. The summed E-state index contributed by atoms with van der Waals surface area (Å²) in [4.78, 5) is 23.5. The average molecular weight is 1230 g/mol. The van der Waals surface area contributed by atoms with Gasteiger partial charge in [0.25, 0.3) is 0 Å². The normalized spacial score (nSPS) is 14.0. The van der Waals surface area contributed by atoms with Crippen LogP contribution in [0.4, 0.5) is 0 Å². The maximum atomic E-state index is 13.1. The first-order chi connectivity index (χ1) is 42.0. The van der Waals surface area contributed by atoms with E-state index in [0.717, 1.165) is 64.2 Å². The molecule has 0 aromatic rings. The molecule has 9 heteroatoms. The molecule has 0 fully saturated rings. The molecule has 3 unspecified atom stereocenters. The minimum absolute atomic E-state index is 0.0560. The lowest BCUT2D eigenvalue weighted by molar-refractivity contribution is -0.870. The molecule has 0 saturated carbocycles. The molecule has 0 aromatic heterocycles. The molecule has 0 spiro atoms. The zero-order valence-electron chi connectivity index (χ0n) is 57.8. The number of hydrogen-bond donors (Lipinski definition) is 3. The maximum Gasteiger partial charge on any atom is 0.472 e. The second kappa shape index (κ2) is 67.3. The van der Waals surface area contributed by atoms with Crippen LogP contribution in [0.15, 0.2) is 72.9 Å². The molecule has 0 saturated heterocycles. The quantitative estimate of drug-likeness (QED) is 0.0243. The first-order valence-corrected chi connectivity index (χ1v) is 38.8. The number of allylic oxidation sites excluding steroid dienone is 11. The maximum absolute atomic E-state index is 13.1. The van der Waals surface area contributed by atoms with Crippen molar-refractivity contribution in [2.45, 2.75) is 373 Å². The molecule has 0 aliphatic rings. The average Bonchev–Trinajstić information content (AvgIpc) is 3.70. The van der Waals surface area contributed by atoms with Crippen molar-refractivity contribution >= 4 is 13.7 Å². The van der Waals surface area contributed by atoms with Crippen molar-refractivity contribution in [1.82, 2.24) is 5.32 Å². The fourth-order valence-corrected chi connectivity index (χ4v) is 11.9. The molecule has 0 aliphatic heterocycles. The number of carbonyl (C=O) groups excluding carboxylic acids is 1. The molecular weight excluding hydrogens is 1080 g/mol. The summed E-state index contributed by atoms with van der Waals surface area (Å²) in [6.07, 6.45) is 95.1. The van der Waals surface area contributed by atoms with E-state index in [1.807, 2.05) is 27.2 Å². The van der Waals surface area contributed by atoms with Crippen LogP contribution < -0.4 is 5.32 Å². The number of aliphatic hydroxyl groups is 1. The minimum Gasteiger partial charge on any atom is -0.387 e. The van der Waals surface area contributed by atoms with Crippen molar-refractivity contribution in [3.05, 3.63) is 72.9 Å². The van der Waals surface area contributed by atoms with Gasteiger partial charge in [0.15, 0.2) is 0 Å². The molecule has 3 N–H and O–H groups in total. The molecule has 0 rings (SSSR count). The molecule has 1 amide bonds. The third-order valence-electron chi connectivity index (χ3n) is 16.9. The van der Waals surface area contributed by atoms with Gasteiger partial charge in [-0.2, -0.15) is 0 Å². The van der Waals surface area contributed by atoms with E-state index in [1.54, 1.807) is 6.08 Å². The van der Waals surface area contributed by atoms with Crippen molar-refractivity contribution in [2.75, 3.05) is 40.9 Å². The van der Waals surface area contributed by atoms with Crippen LogP contribution >= 0.6 is 7.82 Å². The number of hydrogen-bond acceptors (Lipinski definition) is 5. The number of rotatable bonds is 69. The zero-order chi connectivity index (χ0) is 62.6. The summed E-state index contributed by atoms with van der Waals surface area (Å²) in [7, 11) is 1.57. The fourth-order valence-electron chi connectivity index (χ4n) is 11.2. The summed E-state index contributed by atoms with van der Waals surface area (Å²) >= 11 is 0. The Bertz CT molecular complexity index is 1630. The van der Waals surface area contributed by atoms with Gasteiger partial charge in [-0.05, 0) is 70.6 Å². The number of carbonyl (C=O) groups is 1. The lowest BCUT2D eigenvalue weighted by Crippen LogP contribution is -2.45. The third-order valence-corrected chi connectivity index (χ3v) is 17.9. The lowest BCUT2D eigenvalue weighted by atomic mass is 10.0. The Morgan fingerprint density at radius 3 is 1.07 bits per heavy atom. The SMILES string of the molecule is CC/C=C\C/C=C\C/C=C\C/C=C\CCCCCCCCCCCCCCCCCCCCCCC(=O)NC(COP(=O)(O)OCC[N+](C)(C)C)C(O)/C=C/CC/C=C/CCCCCCCCCCCCCCCCCCCCCCCCCCC. The number of nitrogens with one attached hydrogen (secondary N) is 1. The fraction of sp³-hybridized carbons (Fsp3) is 0.831. The molecule has 0 aliphatic carbocycles. The Labute approximate surface area is 535 Å². The van der Waals surface area contributed by atoms with Crippen molar-refractivity contribution in [1.29, 1.82) is 0 Å². The first-order valence-electron chi connectivity index (χ1n) is 37.3. The largest absolute Gasteiger partial charge is 0.472 e. The number of nitrogens with zero attached hydrogens (tertiary/aromatic N) is 1. The summed E-state index contributed by atoms with van der Waals surface area (Å²) in [5.74, 6) is -0.181. The number of unbranched alkanes of at least 4 members (excludes halogenated alkanes) is 46. The zero-order valence-corrected chi connectivity index (χ0v) is 58.7. The van der Waals surface area contributed by atoms with Crippen molar-refractivity contribution in [2.24, 2.45) is 0 Å². The van der Waals surface area contributed by atoms with Gasteiger partial charge < -0.3 is 19.8 Å². The van der Waals surface area contributed by atoms with Gasteiger partial charge in [-0.3, -0.25) is 13.8 Å². The number of quaternary nitrogens is 1. The van der Waals surface area contributed by atoms with Gasteiger partial charge in [0.1, 0.15) is 13.2 Å². The van der Waals surface area contributed by atoms with Gasteiger partial charge in [0.05, 0.1) is 39.9 Å². The highest BCUT2D eigenvalue weighted by Gasteiger charge is 2.28. The summed E-state index contributed by atoms with van der Waals surface area (Å²) in [6, 6.07) is -0.867. The van der Waals surface area contributed by atoms with Gasteiger partial charge in [-0.25, -0.2) is 4.57 Å². The molecule has 8 nitrogen and oxygen atoms in total. The predicted octanol–water partition coefficient (Wildman–Crippen LogP) is 24.1. The highest BCUT2D eigenvalue weighted by Crippen LogP contribution is 2.43. The minimum atomic E-state index is -4.37. The molecule has 0 aromatic carbocycles. The molecule has 504 valence electrons. The molecule has 0 radical (unpaired) electrons. The van der Waals surface area contributed by atoms with Crippen LogP contribution in [0.5, 0.6) is 0 Å². The predicted molar refractivity (Wildman–Crippen MR) is 378 cm³/mol. The Hall–Kier alpha value is -2.06. The van der Waals surface area contributed by atoms with Crippen LogP contribution in [0.3, 0.4) is 0 Å². The summed E-state index contributed by atoms with van der Waals surface area (Å²) in [5, 5.41) is 14.0. The number of phosphoric ester groups is 1. The van der Waals surface area contributed by atoms with Gasteiger partial charge >= 0.3 is 7.82 Å². The van der Waals surface area contributed by atoms with Crippen LogP contribution in [0, 0.1) is 0 Å². The van der Waals surface area contributed by atoms with Crippen molar-refractivity contribution < 1.29 is 32.9 Å². The number of phosphoric acid groups is 1. The highest BCUT2D eigenvalue weighted by atomic mass is 31.2. The van der Waals surface area contributed by atoms with Gasteiger partial charge in [-0.15, -0.1) is 0 Å². The van der Waals surface area contributed by atoms with Crippen molar-refractivity contribution in [3.8, 4) is 0 Å². The number of likely N-dealkylation sites (N-methyl/N-ethyl adjacent to an activating group) is 1.